The highest BCUT2D eigenvalue weighted by atomic mass is 16.5. The summed E-state index contributed by atoms with van der Waals surface area (Å²) in [5.74, 6) is -0.355. The van der Waals surface area contributed by atoms with Crippen molar-refractivity contribution in [3.05, 3.63) is 65.0 Å². The van der Waals surface area contributed by atoms with Gasteiger partial charge in [0.25, 0.3) is 0 Å². The molecule has 0 N–H and O–H groups in total. The zero-order valence-electron chi connectivity index (χ0n) is 15.6. The fraction of sp³-hybridized carbons (Fsp3) is 0.455. The number of carbonyl (C=O) groups excluding carboxylic acids is 1. The second-order valence-corrected chi connectivity index (χ2v) is 6.41. The summed E-state index contributed by atoms with van der Waals surface area (Å²) in [6.45, 7) is 6.34. The molecule has 0 bridgehead atoms. The third kappa shape index (κ3) is 5.70. The van der Waals surface area contributed by atoms with Crippen molar-refractivity contribution in [3.8, 4) is 0 Å². The van der Waals surface area contributed by atoms with Crippen LogP contribution in [0.5, 0.6) is 0 Å². The van der Waals surface area contributed by atoms with Crippen molar-refractivity contribution in [3.63, 3.8) is 0 Å². The largest absolute Gasteiger partial charge is 0.453 e. The number of benzene rings is 1. The minimum absolute atomic E-state index is 0.232. The normalized spacial score (nSPS) is 12.0. The third-order valence-corrected chi connectivity index (χ3v) is 4.48. The van der Waals surface area contributed by atoms with Crippen molar-refractivity contribution < 1.29 is 9.53 Å². The Kier molecular flexibility index (Phi) is 7.65. The molecule has 0 spiro atoms. The molecular weight excluding hydrogens is 310 g/mol. The van der Waals surface area contributed by atoms with Crippen LogP contribution in [0.4, 0.5) is 0 Å². The Labute approximate surface area is 151 Å². The summed E-state index contributed by atoms with van der Waals surface area (Å²) < 4.78 is 5.68. The molecular formula is C22H29NO2. The lowest BCUT2D eigenvalue weighted by Crippen LogP contribution is -2.12. The smallest absolute Gasteiger partial charge is 0.357 e. The number of rotatable bonds is 9. The van der Waals surface area contributed by atoms with Crippen LogP contribution >= 0.6 is 0 Å². The Morgan fingerprint density at radius 1 is 1.00 bits per heavy atom. The molecule has 0 fully saturated rings. The predicted octanol–water partition coefficient (Wildman–Crippen LogP) is 5.68. The molecule has 1 heterocycles. The molecule has 0 aliphatic carbocycles. The van der Waals surface area contributed by atoms with Crippen LogP contribution in [-0.2, 0) is 17.6 Å². The van der Waals surface area contributed by atoms with Crippen LogP contribution in [0.25, 0.3) is 0 Å². The molecule has 3 nitrogen and oxygen atoms in total. The first-order valence-electron chi connectivity index (χ1n) is 9.42. The first-order valence-corrected chi connectivity index (χ1v) is 9.42. The van der Waals surface area contributed by atoms with E-state index in [4.69, 9.17) is 4.74 Å². The van der Waals surface area contributed by atoms with Crippen LogP contribution in [0.3, 0.4) is 0 Å². The van der Waals surface area contributed by atoms with Crippen molar-refractivity contribution in [1.29, 1.82) is 0 Å². The number of unbranched alkanes of at least 4 members (excludes halogenated alkanes) is 2. The monoisotopic (exact) mass is 339 g/mol. The second-order valence-electron chi connectivity index (χ2n) is 6.41. The lowest BCUT2D eigenvalue weighted by atomic mass is 10.0. The molecule has 0 amide bonds. The van der Waals surface area contributed by atoms with E-state index in [1.54, 1.807) is 12.3 Å². The highest BCUT2D eigenvalue weighted by Gasteiger charge is 2.17. The van der Waals surface area contributed by atoms with Gasteiger partial charge in [0.2, 0.25) is 0 Å². The molecule has 134 valence electrons. The first-order chi connectivity index (χ1) is 12.2. The van der Waals surface area contributed by atoms with Crippen molar-refractivity contribution in [1.82, 2.24) is 4.98 Å². The van der Waals surface area contributed by atoms with Crippen molar-refractivity contribution in [2.75, 3.05) is 0 Å². The quantitative estimate of drug-likeness (QED) is 0.435. The molecule has 2 aromatic rings. The molecule has 3 heteroatoms. The number of pyridine rings is 1. The van der Waals surface area contributed by atoms with Crippen LogP contribution in [-0.4, -0.2) is 11.0 Å². The topological polar surface area (TPSA) is 39.2 Å². The van der Waals surface area contributed by atoms with Gasteiger partial charge in [-0.2, -0.15) is 0 Å². The van der Waals surface area contributed by atoms with E-state index in [9.17, 15) is 4.79 Å². The highest BCUT2D eigenvalue weighted by Crippen LogP contribution is 2.23. The molecule has 0 saturated carbocycles. The van der Waals surface area contributed by atoms with E-state index in [2.05, 4.69) is 31.0 Å². The summed E-state index contributed by atoms with van der Waals surface area (Å²) in [5.41, 5.74) is 3.87. The van der Waals surface area contributed by atoms with E-state index < -0.39 is 0 Å². The van der Waals surface area contributed by atoms with E-state index in [1.807, 2.05) is 25.1 Å². The minimum Gasteiger partial charge on any atom is -0.453 e. The number of hydrogen-bond donors (Lipinski definition) is 0. The van der Waals surface area contributed by atoms with Gasteiger partial charge in [0.1, 0.15) is 11.8 Å². The number of aromatic nitrogens is 1. The van der Waals surface area contributed by atoms with Gasteiger partial charge in [0.15, 0.2) is 0 Å². The molecule has 0 saturated heterocycles. The maximum Gasteiger partial charge on any atom is 0.357 e. The number of ether oxygens (including phenoxy) is 1. The number of nitrogens with zero attached hydrogens (tertiary/aromatic N) is 1. The Hall–Kier alpha value is -2.16. The molecule has 1 unspecified atom stereocenters. The van der Waals surface area contributed by atoms with Gasteiger partial charge in [-0.1, -0.05) is 63.9 Å². The number of esters is 1. The standard InChI is InChI=1S/C22H29NO2/c1-4-7-8-9-18-12-15-20(23-16-18)22(24)25-21(6-3)19-13-10-17(5-2)11-14-19/h10-16,21H,4-9H2,1-3H3. The van der Waals surface area contributed by atoms with Gasteiger partial charge in [-0.25, -0.2) is 9.78 Å². The molecule has 0 radical (unpaired) electrons. The maximum atomic E-state index is 12.4. The van der Waals surface area contributed by atoms with Crippen molar-refractivity contribution >= 4 is 5.97 Å². The van der Waals surface area contributed by atoms with Crippen LogP contribution in [0.15, 0.2) is 42.6 Å². The Morgan fingerprint density at radius 2 is 1.72 bits per heavy atom. The van der Waals surface area contributed by atoms with Gasteiger partial charge in [-0.3, -0.25) is 0 Å². The molecule has 0 aliphatic rings. The van der Waals surface area contributed by atoms with E-state index in [0.29, 0.717) is 5.69 Å². The first kappa shape index (κ1) is 19.2. The van der Waals surface area contributed by atoms with Crippen LogP contribution < -0.4 is 0 Å². The van der Waals surface area contributed by atoms with Gasteiger partial charge in [-0.05, 0) is 48.4 Å². The van der Waals surface area contributed by atoms with Gasteiger partial charge in [0.05, 0.1) is 0 Å². The maximum absolute atomic E-state index is 12.4. The SMILES string of the molecule is CCCCCc1ccc(C(=O)OC(CC)c2ccc(CC)cc2)nc1. The molecule has 1 aromatic heterocycles. The van der Waals surface area contributed by atoms with Gasteiger partial charge < -0.3 is 4.74 Å². The number of carbonyl (C=O) groups is 1. The summed E-state index contributed by atoms with van der Waals surface area (Å²) in [5, 5.41) is 0. The van der Waals surface area contributed by atoms with Crippen molar-refractivity contribution in [2.45, 2.75) is 65.4 Å². The third-order valence-electron chi connectivity index (χ3n) is 4.48. The van der Waals surface area contributed by atoms with Crippen LogP contribution in [0.2, 0.25) is 0 Å². The predicted molar refractivity (Wildman–Crippen MR) is 102 cm³/mol. The summed E-state index contributed by atoms with van der Waals surface area (Å²) in [6.07, 6.45) is 7.91. The van der Waals surface area contributed by atoms with Gasteiger partial charge in [-0.15, -0.1) is 0 Å². The number of hydrogen-bond acceptors (Lipinski definition) is 3. The fourth-order valence-corrected chi connectivity index (χ4v) is 2.82. The summed E-state index contributed by atoms with van der Waals surface area (Å²) in [6, 6.07) is 12.0. The average Bonchev–Trinajstić information content (AvgIpc) is 2.67. The van der Waals surface area contributed by atoms with Crippen LogP contribution in [0.1, 0.15) is 79.7 Å². The molecule has 1 aromatic carbocycles. The zero-order chi connectivity index (χ0) is 18.1. The minimum atomic E-state index is -0.355. The molecule has 1 atom stereocenters. The highest BCUT2D eigenvalue weighted by molar-refractivity contribution is 5.87. The lowest BCUT2D eigenvalue weighted by molar-refractivity contribution is 0.0281. The van der Waals surface area contributed by atoms with E-state index in [-0.39, 0.29) is 12.1 Å². The van der Waals surface area contributed by atoms with Crippen molar-refractivity contribution in [2.24, 2.45) is 0 Å². The Bertz CT molecular complexity index is 647. The van der Waals surface area contributed by atoms with Gasteiger partial charge >= 0.3 is 5.97 Å². The van der Waals surface area contributed by atoms with E-state index in [1.165, 1.54) is 24.0 Å². The summed E-state index contributed by atoms with van der Waals surface area (Å²) in [7, 11) is 0. The Balaban J connectivity index is 1.98. The van der Waals surface area contributed by atoms with E-state index in [0.717, 1.165) is 31.2 Å². The molecule has 2 rings (SSSR count). The van der Waals surface area contributed by atoms with E-state index >= 15 is 0 Å². The fourth-order valence-electron chi connectivity index (χ4n) is 2.82. The Morgan fingerprint density at radius 3 is 2.28 bits per heavy atom. The average molecular weight is 339 g/mol. The zero-order valence-corrected chi connectivity index (χ0v) is 15.6. The second kappa shape index (κ2) is 9.97. The number of aryl methyl sites for hydroxylation is 2. The summed E-state index contributed by atoms with van der Waals surface area (Å²) >= 11 is 0. The van der Waals surface area contributed by atoms with Crippen LogP contribution in [0, 0.1) is 0 Å². The molecule has 0 aliphatic heterocycles. The lowest BCUT2D eigenvalue weighted by Gasteiger charge is -2.17. The summed E-state index contributed by atoms with van der Waals surface area (Å²) in [4.78, 5) is 16.7. The molecule has 25 heavy (non-hydrogen) atoms. The van der Waals surface area contributed by atoms with Gasteiger partial charge in [0, 0.05) is 6.20 Å².